The maximum Gasteiger partial charge on any atom is 0.416 e. The molecule has 4 N–H and O–H groups in total. The van der Waals surface area contributed by atoms with Crippen LogP contribution in [0.5, 0.6) is 0 Å². The molecule has 2 aromatic rings. The van der Waals surface area contributed by atoms with Gasteiger partial charge in [0.15, 0.2) is 11.6 Å². The third kappa shape index (κ3) is 7.07. The summed E-state index contributed by atoms with van der Waals surface area (Å²) in [5.41, 5.74) is 5.62. The second-order valence-corrected chi connectivity index (χ2v) is 11.2. The monoisotopic (exact) mass is 580 g/mol. The fourth-order valence-electron chi connectivity index (χ4n) is 5.91. The number of benzene rings is 1. The van der Waals surface area contributed by atoms with Crippen molar-refractivity contribution in [1.29, 1.82) is 0 Å². The molecule has 1 amide bonds. The van der Waals surface area contributed by atoms with Crippen LogP contribution in [-0.2, 0) is 22.3 Å². The molecule has 3 fully saturated rings. The number of ether oxygens (including phenoxy) is 1. The number of carbonyl (C=O) groups excluding carboxylic acids is 1. The number of alkyl halides is 3. The number of aromatic nitrogens is 2. The number of amides is 1. The average molecular weight is 581 g/mol. The molecule has 1 unspecified atom stereocenters. The molecule has 3 heterocycles. The fourth-order valence-corrected chi connectivity index (χ4v) is 5.91. The van der Waals surface area contributed by atoms with Gasteiger partial charge in [0.05, 0.1) is 17.7 Å². The van der Waals surface area contributed by atoms with E-state index >= 15 is 4.39 Å². The van der Waals surface area contributed by atoms with Gasteiger partial charge in [-0.25, -0.2) is 9.97 Å². The topological polar surface area (TPSA) is 117 Å². The zero-order chi connectivity index (χ0) is 29.1. The number of nitrogens with one attached hydrogen (secondary N) is 1. The van der Waals surface area contributed by atoms with Crippen LogP contribution in [0.3, 0.4) is 0 Å². The first-order valence-electron chi connectivity index (χ1n) is 14.1. The standard InChI is InChI=1S/C28H36F4N6O3/c29-23-26(34-13-19-7-10-37(15-22(19)39)24(25(33)40)18-8-11-41-12-9-18)35-16-36-27(23)38(21-5-6-21)14-17-1-3-20(4-2-17)28(30,31)32/h1-4,16,18-19,21-22,24,39H,5-15H2,(H2,33,40)(H,34,35,36)/t19-,22+,24?/m1/s1. The van der Waals surface area contributed by atoms with Gasteiger partial charge in [-0.1, -0.05) is 12.1 Å². The van der Waals surface area contributed by atoms with E-state index in [-0.39, 0.29) is 49.1 Å². The number of aliphatic hydroxyl groups is 1. The van der Waals surface area contributed by atoms with Crippen molar-refractivity contribution in [3.05, 3.63) is 47.5 Å². The summed E-state index contributed by atoms with van der Waals surface area (Å²) in [6.45, 7) is 2.52. The lowest BCUT2D eigenvalue weighted by Gasteiger charge is -2.42. The molecule has 13 heteroatoms. The minimum atomic E-state index is -4.42. The smallest absolute Gasteiger partial charge is 0.391 e. The Balaban J connectivity index is 1.21. The van der Waals surface area contributed by atoms with Crippen LogP contribution in [0.25, 0.3) is 0 Å². The van der Waals surface area contributed by atoms with Crippen LogP contribution in [0.15, 0.2) is 30.6 Å². The van der Waals surface area contributed by atoms with Crippen molar-refractivity contribution in [3.8, 4) is 0 Å². The predicted octanol–water partition coefficient (Wildman–Crippen LogP) is 3.18. The molecule has 1 aromatic heterocycles. The number of anilines is 2. The number of hydrogen-bond donors (Lipinski definition) is 3. The molecule has 224 valence electrons. The molecule has 2 aliphatic heterocycles. The summed E-state index contributed by atoms with van der Waals surface area (Å²) in [6.07, 6.45) is -0.169. The summed E-state index contributed by atoms with van der Waals surface area (Å²) in [5, 5.41) is 13.9. The lowest BCUT2D eigenvalue weighted by atomic mass is 9.86. The Morgan fingerprint density at radius 3 is 2.46 bits per heavy atom. The van der Waals surface area contributed by atoms with E-state index in [1.165, 1.54) is 18.5 Å². The first kappa shape index (κ1) is 29.5. The number of β-amino-alcohol motifs (C(OH)–C–C–N with tert-alkyl or cyclic N) is 1. The van der Waals surface area contributed by atoms with Crippen molar-refractivity contribution in [2.45, 2.75) is 63.0 Å². The SMILES string of the molecule is NC(=O)C(C1CCOCC1)N1CC[C@H](CNc2ncnc(N(Cc3ccc(C(F)(F)F)cc3)C3CC3)c2F)[C@@H](O)C1. The van der Waals surface area contributed by atoms with Crippen molar-refractivity contribution < 1.29 is 32.2 Å². The van der Waals surface area contributed by atoms with E-state index in [2.05, 4.69) is 15.3 Å². The Morgan fingerprint density at radius 2 is 1.85 bits per heavy atom. The minimum absolute atomic E-state index is 0.0000768. The summed E-state index contributed by atoms with van der Waals surface area (Å²) in [5.74, 6) is -1.06. The number of primary amides is 1. The van der Waals surface area contributed by atoms with E-state index < -0.39 is 35.6 Å². The summed E-state index contributed by atoms with van der Waals surface area (Å²) < 4.78 is 59.9. The number of hydrogen-bond acceptors (Lipinski definition) is 8. The molecule has 41 heavy (non-hydrogen) atoms. The zero-order valence-electron chi connectivity index (χ0n) is 22.7. The molecular formula is C28H36F4N6O3. The number of aliphatic hydroxyl groups excluding tert-OH is 1. The van der Waals surface area contributed by atoms with E-state index in [9.17, 15) is 23.1 Å². The van der Waals surface area contributed by atoms with Crippen molar-refractivity contribution in [1.82, 2.24) is 14.9 Å². The molecule has 0 bridgehead atoms. The van der Waals surface area contributed by atoms with Gasteiger partial charge >= 0.3 is 6.18 Å². The molecule has 3 atom stereocenters. The fraction of sp³-hybridized carbons (Fsp3) is 0.607. The Morgan fingerprint density at radius 1 is 1.15 bits per heavy atom. The average Bonchev–Trinajstić information content (AvgIpc) is 3.78. The molecule has 0 spiro atoms. The van der Waals surface area contributed by atoms with Crippen molar-refractivity contribution >= 4 is 17.5 Å². The van der Waals surface area contributed by atoms with E-state index in [0.29, 0.717) is 31.7 Å². The van der Waals surface area contributed by atoms with Crippen molar-refractivity contribution in [2.75, 3.05) is 43.1 Å². The van der Waals surface area contributed by atoms with Crippen LogP contribution >= 0.6 is 0 Å². The van der Waals surface area contributed by atoms with Gasteiger partial charge in [-0.05, 0) is 62.3 Å². The number of rotatable bonds is 10. The van der Waals surface area contributed by atoms with E-state index in [4.69, 9.17) is 10.5 Å². The highest BCUT2D eigenvalue weighted by atomic mass is 19.4. The largest absolute Gasteiger partial charge is 0.416 e. The van der Waals surface area contributed by atoms with Gasteiger partial charge in [-0.15, -0.1) is 0 Å². The molecule has 9 nitrogen and oxygen atoms in total. The van der Waals surface area contributed by atoms with Gasteiger partial charge in [0.25, 0.3) is 0 Å². The number of carbonyl (C=O) groups is 1. The summed E-state index contributed by atoms with van der Waals surface area (Å²) in [6, 6.07) is 4.42. The third-order valence-electron chi connectivity index (χ3n) is 8.35. The third-order valence-corrected chi connectivity index (χ3v) is 8.35. The normalized spacial score (nSPS) is 23.2. The number of nitrogens with zero attached hydrogens (tertiary/aromatic N) is 4. The Bertz CT molecular complexity index is 1190. The number of piperidine rings is 1. The Labute approximate surface area is 236 Å². The van der Waals surface area contributed by atoms with Crippen LogP contribution in [0.1, 0.15) is 43.2 Å². The second kappa shape index (κ2) is 12.5. The highest BCUT2D eigenvalue weighted by molar-refractivity contribution is 5.80. The van der Waals surface area contributed by atoms with Crippen LogP contribution < -0.4 is 16.0 Å². The highest BCUT2D eigenvalue weighted by Crippen LogP contribution is 2.36. The van der Waals surface area contributed by atoms with Crippen LogP contribution in [0.2, 0.25) is 0 Å². The van der Waals surface area contributed by atoms with Crippen molar-refractivity contribution in [3.63, 3.8) is 0 Å². The van der Waals surface area contributed by atoms with Crippen LogP contribution in [0, 0.1) is 17.7 Å². The Hall–Kier alpha value is -3.03. The van der Waals surface area contributed by atoms with Gasteiger partial charge in [0, 0.05) is 44.8 Å². The summed E-state index contributed by atoms with van der Waals surface area (Å²) in [7, 11) is 0. The molecule has 1 aliphatic carbocycles. The lowest BCUT2D eigenvalue weighted by molar-refractivity contribution is -0.137. The lowest BCUT2D eigenvalue weighted by Crippen LogP contribution is -2.57. The maximum absolute atomic E-state index is 15.6. The van der Waals surface area contributed by atoms with Crippen molar-refractivity contribution in [2.24, 2.45) is 17.6 Å². The molecular weight excluding hydrogens is 544 g/mol. The van der Waals surface area contributed by atoms with Gasteiger partial charge in [0.1, 0.15) is 6.33 Å². The molecule has 1 saturated carbocycles. The van der Waals surface area contributed by atoms with Gasteiger partial charge in [0.2, 0.25) is 11.7 Å². The predicted molar refractivity (Wildman–Crippen MR) is 143 cm³/mol. The first-order chi connectivity index (χ1) is 19.6. The highest BCUT2D eigenvalue weighted by Gasteiger charge is 2.39. The summed E-state index contributed by atoms with van der Waals surface area (Å²) >= 11 is 0. The van der Waals surface area contributed by atoms with Gasteiger partial charge in [-0.3, -0.25) is 9.69 Å². The maximum atomic E-state index is 15.6. The number of likely N-dealkylation sites (tertiary alicyclic amines) is 1. The minimum Gasteiger partial charge on any atom is -0.391 e. The van der Waals surface area contributed by atoms with Crippen LogP contribution in [0.4, 0.5) is 29.2 Å². The first-order valence-corrected chi connectivity index (χ1v) is 14.1. The summed E-state index contributed by atoms with van der Waals surface area (Å²) in [4.78, 5) is 24.2. The molecule has 5 rings (SSSR count). The van der Waals surface area contributed by atoms with E-state index in [1.807, 2.05) is 4.90 Å². The quantitative estimate of drug-likeness (QED) is 0.367. The molecule has 2 saturated heterocycles. The molecule has 0 radical (unpaired) electrons. The Kier molecular flexibility index (Phi) is 8.95. The molecule has 1 aromatic carbocycles. The second-order valence-electron chi connectivity index (χ2n) is 11.2. The number of halogens is 4. The zero-order valence-corrected chi connectivity index (χ0v) is 22.7. The number of nitrogens with two attached hydrogens (primary N) is 1. The van der Waals surface area contributed by atoms with E-state index in [0.717, 1.165) is 37.8 Å². The van der Waals surface area contributed by atoms with E-state index in [1.54, 1.807) is 4.90 Å². The van der Waals surface area contributed by atoms with Gasteiger partial charge in [-0.2, -0.15) is 17.6 Å². The molecule has 3 aliphatic rings. The van der Waals surface area contributed by atoms with Gasteiger partial charge < -0.3 is 25.8 Å². The van der Waals surface area contributed by atoms with Crippen LogP contribution in [-0.4, -0.2) is 76.9 Å².